The van der Waals surface area contributed by atoms with Gasteiger partial charge in [0.05, 0.1) is 5.57 Å². The zero-order valence-electron chi connectivity index (χ0n) is 18.7. The van der Waals surface area contributed by atoms with Gasteiger partial charge in [-0.15, -0.1) is 0 Å². The highest BCUT2D eigenvalue weighted by Gasteiger charge is 2.37. The van der Waals surface area contributed by atoms with Gasteiger partial charge in [0.25, 0.3) is 5.91 Å². The molecular weight excluding hydrogens is 436 g/mol. The molecule has 2 aliphatic rings. The van der Waals surface area contributed by atoms with Crippen molar-refractivity contribution >= 4 is 39.8 Å². The van der Waals surface area contributed by atoms with E-state index in [2.05, 4.69) is 23.9 Å². The van der Waals surface area contributed by atoms with E-state index in [1.807, 2.05) is 54.6 Å². The molecule has 2 aromatic carbocycles. The molecule has 2 aromatic rings. The third-order valence-corrected chi connectivity index (χ3v) is 6.43. The van der Waals surface area contributed by atoms with Crippen LogP contribution in [0.1, 0.15) is 32.3 Å². The molecule has 0 atom stereocenters. The van der Waals surface area contributed by atoms with Crippen molar-refractivity contribution in [3.63, 3.8) is 0 Å². The van der Waals surface area contributed by atoms with Gasteiger partial charge >= 0.3 is 0 Å². The number of nitrogens with one attached hydrogen (secondary N) is 1. The lowest BCUT2D eigenvalue weighted by molar-refractivity contribution is -0.114. The van der Waals surface area contributed by atoms with E-state index in [9.17, 15) is 4.79 Å². The van der Waals surface area contributed by atoms with Crippen molar-refractivity contribution in [1.29, 1.82) is 5.41 Å². The first-order valence-corrected chi connectivity index (χ1v) is 11.8. The minimum atomic E-state index is -0.418. The van der Waals surface area contributed by atoms with Gasteiger partial charge in [-0.1, -0.05) is 44.2 Å². The first-order chi connectivity index (χ1) is 16.1. The average molecular weight is 463 g/mol. The third-order valence-electron chi connectivity index (χ3n) is 5.36. The Hall–Kier alpha value is -3.39. The Bertz CT molecular complexity index is 1110. The number of carbonyl (C=O) groups is 1. The molecule has 0 aromatic heterocycles. The Morgan fingerprint density at radius 2 is 1.64 bits per heavy atom. The molecule has 0 fully saturated rings. The molecule has 1 amide bonds. The van der Waals surface area contributed by atoms with Crippen LogP contribution >= 0.6 is 11.8 Å². The Balaban J connectivity index is 1.38. The summed E-state index contributed by atoms with van der Waals surface area (Å²) < 4.78 is 11.3. The number of carbonyl (C=O) groups excluding carboxylic acids is 1. The fraction of sp³-hybridized carbons (Fsp3) is 0.280. The predicted molar refractivity (Wildman–Crippen MR) is 133 cm³/mol. The second-order valence-electron chi connectivity index (χ2n) is 7.55. The number of hydrogen-bond donors (Lipinski definition) is 1. The van der Waals surface area contributed by atoms with Crippen LogP contribution in [0.25, 0.3) is 6.08 Å². The van der Waals surface area contributed by atoms with Gasteiger partial charge in [0.2, 0.25) is 5.17 Å². The maximum Gasteiger partial charge on any atom is 0.283 e. The van der Waals surface area contributed by atoms with Gasteiger partial charge in [-0.2, -0.15) is 15.1 Å². The highest BCUT2D eigenvalue weighted by molar-refractivity contribution is 8.27. The third kappa shape index (κ3) is 5.34. The molecule has 0 radical (unpaired) electrons. The van der Waals surface area contributed by atoms with Crippen LogP contribution in [-0.4, -0.2) is 40.2 Å². The smallest absolute Gasteiger partial charge is 0.283 e. The van der Waals surface area contributed by atoms with Crippen molar-refractivity contribution in [3.8, 4) is 11.5 Å². The lowest BCUT2D eigenvalue weighted by Crippen LogP contribution is -2.35. The van der Waals surface area contributed by atoms with Crippen LogP contribution in [0.15, 0.2) is 70.3 Å². The molecule has 4 rings (SSSR count). The Kier molecular flexibility index (Phi) is 7.24. The van der Waals surface area contributed by atoms with E-state index in [0.29, 0.717) is 30.0 Å². The topological polar surface area (TPSA) is 87.3 Å². The number of benzene rings is 2. The first-order valence-electron chi connectivity index (χ1n) is 11.0. The summed E-state index contributed by atoms with van der Waals surface area (Å²) in [4.78, 5) is 16.8. The van der Waals surface area contributed by atoms with Gasteiger partial charge < -0.3 is 9.47 Å². The number of hydrogen-bond acceptors (Lipinski definition) is 6. The van der Waals surface area contributed by atoms with Crippen molar-refractivity contribution in [2.24, 2.45) is 16.0 Å². The zero-order chi connectivity index (χ0) is 23.2. The van der Waals surface area contributed by atoms with Crippen molar-refractivity contribution < 1.29 is 14.3 Å². The summed E-state index contributed by atoms with van der Waals surface area (Å²) in [5, 5.41) is 15.9. The number of amides is 1. The summed E-state index contributed by atoms with van der Waals surface area (Å²) >= 11 is 1.39. The standard InChI is InChI=1S/C25H26N4O3S/c1-3-18(4-2)24-28-29-22(26)21(23(30)27-25(29)33-24)16-17-10-12-20(13-11-17)32-15-14-31-19-8-6-5-7-9-19/h5-13,16,18,26H,3-4,14-15H2,1-2H3/b21-16-,26-22?. The molecule has 0 unspecified atom stereocenters. The van der Waals surface area contributed by atoms with Crippen molar-refractivity contribution in [2.45, 2.75) is 26.7 Å². The fourth-order valence-corrected chi connectivity index (χ4v) is 4.63. The number of thioether (sulfide) groups is 1. The molecule has 170 valence electrons. The Labute approximate surface area is 197 Å². The quantitative estimate of drug-likeness (QED) is 0.409. The highest BCUT2D eigenvalue weighted by Crippen LogP contribution is 2.32. The van der Waals surface area contributed by atoms with E-state index in [-0.39, 0.29) is 11.4 Å². The largest absolute Gasteiger partial charge is 0.490 e. The molecule has 33 heavy (non-hydrogen) atoms. The number of amidine groups is 2. The van der Waals surface area contributed by atoms with Gasteiger partial charge in [0.1, 0.15) is 29.8 Å². The Morgan fingerprint density at radius 1 is 1.00 bits per heavy atom. The van der Waals surface area contributed by atoms with Crippen LogP contribution in [0.4, 0.5) is 0 Å². The zero-order valence-corrected chi connectivity index (χ0v) is 19.5. The van der Waals surface area contributed by atoms with E-state index < -0.39 is 5.91 Å². The van der Waals surface area contributed by atoms with Crippen LogP contribution in [0.5, 0.6) is 11.5 Å². The van der Waals surface area contributed by atoms with E-state index in [1.54, 1.807) is 6.08 Å². The lowest BCUT2D eigenvalue weighted by Gasteiger charge is -2.20. The van der Waals surface area contributed by atoms with Crippen LogP contribution in [0.3, 0.4) is 0 Å². The van der Waals surface area contributed by atoms with Crippen LogP contribution in [0, 0.1) is 11.3 Å². The second-order valence-corrected chi connectivity index (χ2v) is 8.54. The summed E-state index contributed by atoms with van der Waals surface area (Å²) in [6, 6.07) is 16.9. The lowest BCUT2D eigenvalue weighted by atomic mass is 10.1. The fourth-order valence-electron chi connectivity index (χ4n) is 3.47. The highest BCUT2D eigenvalue weighted by atomic mass is 32.2. The minimum absolute atomic E-state index is 0.0526. The van der Waals surface area contributed by atoms with E-state index >= 15 is 0 Å². The van der Waals surface area contributed by atoms with Crippen LogP contribution in [0.2, 0.25) is 0 Å². The summed E-state index contributed by atoms with van der Waals surface area (Å²) in [6.45, 7) is 5.08. The summed E-state index contributed by atoms with van der Waals surface area (Å²) in [6.07, 6.45) is 3.59. The molecule has 1 N–H and O–H groups in total. The number of para-hydroxylation sites is 1. The molecule has 7 nitrogen and oxygen atoms in total. The SMILES string of the molecule is CCC(CC)C1=NN2C(=N)/C(=C/c3ccc(OCCOc4ccccc4)cc3)C(=O)N=C2S1. The normalized spacial score (nSPS) is 16.7. The molecule has 0 bridgehead atoms. The molecule has 8 heteroatoms. The molecule has 0 aliphatic carbocycles. The maximum atomic E-state index is 12.6. The number of fused-ring (bicyclic) bond motifs is 1. The second kappa shape index (κ2) is 10.5. The van der Waals surface area contributed by atoms with E-state index in [0.717, 1.165) is 29.2 Å². The van der Waals surface area contributed by atoms with Crippen molar-refractivity contribution in [3.05, 3.63) is 65.7 Å². The summed E-state index contributed by atoms with van der Waals surface area (Å²) in [5.74, 6) is 1.45. The average Bonchev–Trinajstić information content (AvgIpc) is 3.25. The number of aliphatic imine (C=N–C) groups is 1. The minimum Gasteiger partial charge on any atom is -0.490 e. The Morgan fingerprint density at radius 3 is 2.27 bits per heavy atom. The first kappa shape index (κ1) is 22.8. The number of nitrogens with zero attached hydrogens (tertiary/aromatic N) is 3. The van der Waals surface area contributed by atoms with Crippen LogP contribution < -0.4 is 9.47 Å². The van der Waals surface area contributed by atoms with Crippen molar-refractivity contribution in [2.75, 3.05) is 13.2 Å². The molecule has 0 saturated carbocycles. The number of rotatable bonds is 9. The summed E-state index contributed by atoms with van der Waals surface area (Å²) in [5.41, 5.74) is 1.00. The summed E-state index contributed by atoms with van der Waals surface area (Å²) in [7, 11) is 0. The van der Waals surface area contributed by atoms with Gasteiger partial charge in [0, 0.05) is 5.92 Å². The molecule has 0 spiro atoms. The van der Waals surface area contributed by atoms with Crippen LogP contribution in [-0.2, 0) is 4.79 Å². The number of hydrazone groups is 1. The molecule has 2 aliphatic heterocycles. The van der Waals surface area contributed by atoms with E-state index in [1.165, 1.54) is 16.8 Å². The van der Waals surface area contributed by atoms with Gasteiger partial charge in [-0.25, -0.2) is 0 Å². The van der Waals surface area contributed by atoms with E-state index in [4.69, 9.17) is 14.9 Å². The molecular formula is C25H26N4O3S. The van der Waals surface area contributed by atoms with Crippen molar-refractivity contribution in [1.82, 2.24) is 5.01 Å². The monoisotopic (exact) mass is 462 g/mol. The molecule has 0 saturated heterocycles. The predicted octanol–water partition coefficient (Wildman–Crippen LogP) is 5.20. The van der Waals surface area contributed by atoms with Gasteiger partial charge in [0.15, 0.2) is 5.84 Å². The number of ether oxygens (including phenoxy) is 2. The van der Waals surface area contributed by atoms with Gasteiger partial charge in [-0.05, 0) is 60.5 Å². The molecule has 2 heterocycles. The van der Waals surface area contributed by atoms with Gasteiger partial charge in [-0.3, -0.25) is 10.2 Å². The maximum absolute atomic E-state index is 12.6.